The van der Waals surface area contributed by atoms with E-state index in [0.29, 0.717) is 4.47 Å². The maximum atomic E-state index is 12.6. The van der Waals surface area contributed by atoms with E-state index in [1.807, 2.05) is 31.2 Å². The van der Waals surface area contributed by atoms with Crippen molar-refractivity contribution in [1.82, 2.24) is 4.90 Å². The van der Waals surface area contributed by atoms with Crippen LogP contribution in [0.25, 0.3) is 0 Å². The number of nitro benzene ring substituents is 1. The van der Waals surface area contributed by atoms with E-state index in [0.717, 1.165) is 11.3 Å². The molecule has 1 unspecified atom stereocenters. The number of ether oxygens (including phenoxy) is 1. The maximum absolute atomic E-state index is 12.6. The predicted molar refractivity (Wildman–Crippen MR) is 94.3 cm³/mol. The van der Waals surface area contributed by atoms with E-state index in [-0.39, 0.29) is 23.2 Å². The Bertz CT molecular complexity index is 762. The first kappa shape index (κ1) is 17.9. The monoisotopic (exact) mass is 392 g/mol. The molecule has 0 aliphatic heterocycles. The molecule has 0 radical (unpaired) electrons. The van der Waals surface area contributed by atoms with Gasteiger partial charge in [-0.1, -0.05) is 12.1 Å². The Morgan fingerprint density at radius 1 is 1.25 bits per heavy atom. The van der Waals surface area contributed by atoms with Gasteiger partial charge in [-0.2, -0.15) is 0 Å². The predicted octanol–water partition coefficient (Wildman–Crippen LogP) is 4.20. The number of hydrogen-bond donors (Lipinski definition) is 0. The molecule has 0 spiro atoms. The highest BCUT2D eigenvalue weighted by molar-refractivity contribution is 9.10. The van der Waals surface area contributed by atoms with Gasteiger partial charge in [0.1, 0.15) is 5.75 Å². The molecule has 0 fully saturated rings. The van der Waals surface area contributed by atoms with E-state index >= 15 is 0 Å². The van der Waals surface area contributed by atoms with Gasteiger partial charge in [0, 0.05) is 18.7 Å². The fourth-order valence-electron chi connectivity index (χ4n) is 2.27. The van der Waals surface area contributed by atoms with Gasteiger partial charge in [0.2, 0.25) is 0 Å². The van der Waals surface area contributed by atoms with Crippen LogP contribution in [0.5, 0.6) is 5.75 Å². The molecule has 0 heterocycles. The Hall–Kier alpha value is -2.41. The van der Waals surface area contributed by atoms with Gasteiger partial charge in [0.15, 0.2) is 0 Å². The first-order valence-corrected chi connectivity index (χ1v) is 7.99. The lowest BCUT2D eigenvalue weighted by Gasteiger charge is -2.25. The molecule has 6 nitrogen and oxygen atoms in total. The molecular formula is C17H17BrN2O4. The summed E-state index contributed by atoms with van der Waals surface area (Å²) < 4.78 is 5.47. The minimum Gasteiger partial charge on any atom is -0.497 e. The number of benzene rings is 2. The Morgan fingerprint density at radius 2 is 1.88 bits per heavy atom. The second-order valence-electron chi connectivity index (χ2n) is 5.29. The van der Waals surface area contributed by atoms with Crippen molar-refractivity contribution in [3.8, 4) is 5.75 Å². The second kappa shape index (κ2) is 7.44. The standard InChI is InChI=1S/C17H17BrN2O4/c1-11(12-4-7-14(24-3)8-5-12)19(2)17(21)13-6-9-15(18)16(10-13)20(22)23/h4-11H,1-3H3. The SMILES string of the molecule is COc1ccc(C(C)N(C)C(=O)c2ccc(Br)c([N+](=O)[O-])c2)cc1. The fraction of sp³-hybridized carbons (Fsp3) is 0.235. The molecule has 2 aromatic carbocycles. The molecule has 1 amide bonds. The van der Waals surface area contributed by atoms with Crippen molar-refractivity contribution in [3.05, 3.63) is 68.2 Å². The molecule has 24 heavy (non-hydrogen) atoms. The smallest absolute Gasteiger partial charge is 0.284 e. The molecule has 0 aromatic heterocycles. The second-order valence-corrected chi connectivity index (χ2v) is 6.14. The van der Waals surface area contributed by atoms with Crippen LogP contribution in [0.15, 0.2) is 46.9 Å². The van der Waals surface area contributed by atoms with Crippen molar-refractivity contribution < 1.29 is 14.5 Å². The average Bonchev–Trinajstić information content (AvgIpc) is 2.60. The fourth-order valence-corrected chi connectivity index (χ4v) is 2.66. The summed E-state index contributed by atoms with van der Waals surface area (Å²) in [6.45, 7) is 1.90. The molecule has 1 atom stereocenters. The Morgan fingerprint density at radius 3 is 2.42 bits per heavy atom. The van der Waals surface area contributed by atoms with Crippen LogP contribution in [0, 0.1) is 10.1 Å². The van der Waals surface area contributed by atoms with Crippen molar-refractivity contribution in [2.75, 3.05) is 14.2 Å². The summed E-state index contributed by atoms with van der Waals surface area (Å²) in [5.41, 5.74) is 1.08. The van der Waals surface area contributed by atoms with E-state index in [4.69, 9.17) is 4.74 Å². The van der Waals surface area contributed by atoms with Gasteiger partial charge in [0.05, 0.1) is 22.5 Å². The third kappa shape index (κ3) is 3.73. The van der Waals surface area contributed by atoms with Crippen LogP contribution in [0.4, 0.5) is 5.69 Å². The lowest BCUT2D eigenvalue weighted by molar-refractivity contribution is -0.385. The number of halogens is 1. The van der Waals surface area contributed by atoms with Crippen molar-refractivity contribution in [2.45, 2.75) is 13.0 Å². The van der Waals surface area contributed by atoms with Gasteiger partial charge in [-0.15, -0.1) is 0 Å². The Labute approximate surface area is 148 Å². The Balaban J connectivity index is 2.24. The van der Waals surface area contributed by atoms with E-state index in [2.05, 4.69) is 15.9 Å². The molecule has 7 heteroatoms. The van der Waals surface area contributed by atoms with Gasteiger partial charge >= 0.3 is 0 Å². The zero-order valence-corrected chi connectivity index (χ0v) is 15.1. The van der Waals surface area contributed by atoms with Gasteiger partial charge in [-0.3, -0.25) is 14.9 Å². The molecule has 2 rings (SSSR count). The number of nitro groups is 1. The molecule has 0 aliphatic carbocycles. The summed E-state index contributed by atoms with van der Waals surface area (Å²) in [6.07, 6.45) is 0. The summed E-state index contributed by atoms with van der Waals surface area (Å²) in [6, 6.07) is 11.6. The first-order valence-electron chi connectivity index (χ1n) is 7.20. The normalized spacial score (nSPS) is 11.7. The largest absolute Gasteiger partial charge is 0.497 e. The number of methoxy groups -OCH3 is 1. The van der Waals surface area contributed by atoms with Crippen LogP contribution < -0.4 is 4.74 Å². The highest BCUT2D eigenvalue weighted by atomic mass is 79.9. The molecule has 0 N–H and O–H groups in total. The summed E-state index contributed by atoms with van der Waals surface area (Å²) >= 11 is 3.12. The molecule has 2 aromatic rings. The lowest BCUT2D eigenvalue weighted by atomic mass is 10.1. The summed E-state index contributed by atoms with van der Waals surface area (Å²) in [5, 5.41) is 11.0. The van der Waals surface area contributed by atoms with Crippen LogP contribution in [-0.4, -0.2) is 29.9 Å². The molecule has 0 bridgehead atoms. The van der Waals surface area contributed by atoms with Crippen LogP contribution in [0.1, 0.15) is 28.9 Å². The number of hydrogen-bond acceptors (Lipinski definition) is 4. The van der Waals surface area contributed by atoms with Crippen LogP contribution >= 0.6 is 15.9 Å². The number of amides is 1. The van der Waals surface area contributed by atoms with Gasteiger partial charge < -0.3 is 9.64 Å². The lowest BCUT2D eigenvalue weighted by Crippen LogP contribution is -2.29. The topological polar surface area (TPSA) is 72.7 Å². The van der Waals surface area contributed by atoms with Crippen molar-refractivity contribution in [1.29, 1.82) is 0 Å². The first-order chi connectivity index (χ1) is 11.3. The summed E-state index contributed by atoms with van der Waals surface area (Å²) in [7, 11) is 3.26. The van der Waals surface area contributed by atoms with Gasteiger partial charge in [-0.25, -0.2) is 0 Å². The molecule has 0 saturated heterocycles. The van der Waals surface area contributed by atoms with Gasteiger partial charge in [0.25, 0.3) is 11.6 Å². The third-order valence-corrected chi connectivity index (χ3v) is 4.56. The molecular weight excluding hydrogens is 376 g/mol. The summed E-state index contributed by atoms with van der Waals surface area (Å²) in [5.74, 6) is 0.456. The highest BCUT2D eigenvalue weighted by Crippen LogP contribution is 2.28. The Kier molecular flexibility index (Phi) is 5.56. The van der Waals surface area contributed by atoms with Gasteiger partial charge in [-0.05, 0) is 52.7 Å². The number of rotatable bonds is 5. The van der Waals surface area contributed by atoms with Crippen LogP contribution in [0.3, 0.4) is 0 Å². The van der Waals surface area contributed by atoms with E-state index < -0.39 is 4.92 Å². The average molecular weight is 393 g/mol. The molecule has 126 valence electrons. The summed E-state index contributed by atoms with van der Waals surface area (Å²) in [4.78, 5) is 24.7. The zero-order chi connectivity index (χ0) is 17.9. The number of nitrogens with zero attached hydrogens (tertiary/aromatic N) is 2. The van der Waals surface area contributed by atoms with Crippen molar-refractivity contribution in [3.63, 3.8) is 0 Å². The zero-order valence-electron chi connectivity index (χ0n) is 13.5. The number of carbonyl (C=O) groups excluding carboxylic acids is 1. The van der Waals surface area contributed by atoms with Crippen molar-refractivity contribution >= 4 is 27.5 Å². The van der Waals surface area contributed by atoms with Crippen LogP contribution in [-0.2, 0) is 0 Å². The van der Waals surface area contributed by atoms with Crippen molar-refractivity contribution in [2.24, 2.45) is 0 Å². The molecule has 0 saturated carbocycles. The van der Waals surface area contributed by atoms with E-state index in [1.54, 1.807) is 25.1 Å². The third-order valence-electron chi connectivity index (χ3n) is 3.89. The van der Waals surface area contributed by atoms with Crippen LogP contribution in [0.2, 0.25) is 0 Å². The minimum absolute atomic E-state index is 0.133. The van der Waals surface area contributed by atoms with E-state index in [1.165, 1.54) is 12.1 Å². The minimum atomic E-state index is -0.520. The maximum Gasteiger partial charge on any atom is 0.284 e. The molecule has 0 aliphatic rings. The highest BCUT2D eigenvalue weighted by Gasteiger charge is 2.22. The van der Waals surface area contributed by atoms with E-state index in [9.17, 15) is 14.9 Å². The quantitative estimate of drug-likeness (QED) is 0.564. The number of carbonyl (C=O) groups is 1.